The van der Waals surface area contributed by atoms with Crippen molar-refractivity contribution < 1.29 is 14.4 Å². The van der Waals surface area contributed by atoms with E-state index in [1.54, 1.807) is 42.5 Å². The molecule has 29 heavy (non-hydrogen) atoms. The molecule has 0 radical (unpaired) electrons. The SMILES string of the molecule is CC1CC(CN)CN1C(=O)c1cccc(CN2C(=O)c3ccccc3C2=O)c1.Cl. The van der Waals surface area contributed by atoms with Crippen LogP contribution < -0.4 is 5.73 Å². The second-order valence-electron chi connectivity index (χ2n) is 7.59. The molecule has 2 aromatic rings. The Morgan fingerprint density at radius 1 is 1.07 bits per heavy atom. The van der Waals surface area contributed by atoms with Crippen LogP contribution in [0.2, 0.25) is 0 Å². The molecule has 0 saturated carbocycles. The molecule has 0 aliphatic carbocycles. The monoisotopic (exact) mass is 413 g/mol. The second-order valence-corrected chi connectivity index (χ2v) is 7.59. The van der Waals surface area contributed by atoms with Crippen LogP contribution in [0.15, 0.2) is 48.5 Å². The van der Waals surface area contributed by atoms with Crippen molar-refractivity contribution in [3.63, 3.8) is 0 Å². The topological polar surface area (TPSA) is 83.7 Å². The smallest absolute Gasteiger partial charge is 0.261 e. The number of amides is 3. The third-order valence-corrected chi connectivity index (χ3v) is 5.65. The van der Waals surface area contributed by atoms with Crippen LogP contribution >= 0.6 is 12.4 Å². The van der Waals surface area contributed by atoms with Crippen LogP contribution in [0.3, 0.4) is 0 Å². The number of hydrogen-bond donors (Lipinski definition) is 1. The lowest BCUT2D eigenvalue weighted by molar-refractivity contribution is 0.0642. The van der Waals surface area contributed by atoms with Crippen molar-refractivity contribution in [2.45, 2.75) is 25.9 Å². The molecule has 152 valence electrons. The number of hydrogen-bond acceptors (Lipinski definition) is 4. The molecule has 3 amide bonds. The Bertz CT molecular complexity index is 927. The molecule has 2 heterocycles. The van der Waals surface area contributed by atoms with Gasteiger partial charge in [0.1, 0.15) is 0 Å². The first-order chi connectivity index (χ1) is 13.5. The number of rotatable bonds is 4. The molecule has 2 aromatic carbocycles. The third-order valence-electron chi connectivity index (χ3n) is 5.65. The van der Waals surface area contributed by atoms with Gasteiger partial charge >= 0.3 is 0 Å². The Morgan fingerprint density at radius 3 is 2.31 bits per heavy atom. The van der Waals surface area contributed by atoms with E-state index in [-0.39, 0.29) is 42.7 Å². The number of benzene rings is 2. The molecule has 6 nitrogen and oxygen atoms in total. The first-order valence-corrected chi connectivity index (χ1v) is 9.54. The van der Waals surface area contributed by atoms with Gasteiger partial charge in [-0.15, -0.1) is 12.4 Å². The van der Waals surface area contributed by atoms with E-state index in [9.17, 15) is 14.4 Å². The van der Waals surface area contributed by atoms with Gasteiger partial charge in [0.05, 0.1) is 17.7 Å². The number of nitrogens with two attached hydrogens (primary N) is 1. The van der Waals surface area contributed by atoms with Crippen molar-refractivity contribution in [2.24, 2.45) is 11.7 Å². The van der Waals surface area contributed by atoms with Crippen LogP contribution in [0, 0.1) is 5.92 Å². The van der Waals surface area contributed by atoms with Gasteiger partial charge in [-0.05, 0) is 55.6 Å². The summed E-state index contributed by atoms with van der Waals surface area (Å²) in [6, 6.07) is 14.2. The van der Waals surface area contributed by atoms with Gasteiger partial charge in [-0.1, -0.05) is 24.3 Å². The quantitative estimate of drug-likeness (QED) is 0.781. The molecule has 7 heteroatoms. The molecule has 2 atom stereocenters. The van der Waals surface area contributed by atoms with Crippen molar-refractivity contribution in [1.82, 2.24) is 9.80 Å². The molecule has 1 fully saturated rings. The fourth-order valence-corrected chi connectivity index (χ4v) is 4.13. The molecule has 0 aromatic heterocycles. The Hall–Kier alpha value is -2.70. The fourth-order valence-electron chi connectivity index (χ4n) is 4.13. The van der Waals surface area contributed by atoms with Gasteiger partial charge in [0.15, 0.2) is 0 Å². The van der Waals surface area contributed by atoms with E-state index in [0.29, 0.717) is 35.7 Å². The molecule has 2 unspecified atom stereocenters. The van der Waals surface area contributed by atoms with E-state index in [0.717, 1.165) is 12.0 Å². The summed E-state index contributed by atoms with van der Waals surface area (Å²) < 4.78 is 0. The minimum Gasteiger partial charge on any atom is -0.336 e. The summed E-state index contributed by atoms with van der Waals surface area (Å²) in [4.78, 5) is 41.2. The Kier molecular flexibility index (Phi) is 6.05. The number of fused-ring (bicyclic) bond motifs is 1. The number of carbonyl (C=O) groups is 3. The highest BCUT2D eigenvalue weighted by atomic mass is 35.5. The average molecular weight is 414 g/mol. The summed E-state index contributed by atoms with van der Waals surface area (Å²) >= 11 is 0. The third kappa shape index (κ3) is 3.78. The standard InChI is InChI=1S/C22H23N3O3.ClH/c1-14-9-16(11-23)13-24(14)20(26)17-6-4-5-15(10-17)12-25-21(27)18-7-2-3-8-19(18)22(25)28;/h2-8,10,14,16H,9,11-13,23H2,1H3;1H. The summed E-state index contributed by atoms with van der Waals surface area (Å²) in [6.45, 7) is 3.43. The fraction of sp³-hybridized carbons (Fsp3) is 0.318. The van der Waals surface area contributed by atoms with Crippen molar-refractivity contribution >= 4 is 30.1 Å². The second kappa shape index (κ2) is 8.35. The Balaban J connectivity index is 0.00000240. The van der Waals surface area contributed by atoms with E-state index >= 15 is 0 Å². The lowest BCUT2D eigenvalue weighted by Gasteiger charge is -2.22. The summed E-state index contributed by atoms with van der Waals surface area (Å²) in [6.07, 6.45) is 0.914. The zero-order valence-electron chi connectivity index (χ0n) is 16.2. The highest BCUT2D eigenvalue weighted by molar-refractivity contribution is 6.21. The predicted octanol–water partition coefficient (Wildman–Crippen LogP) is 2.71. The van der Waals surface area contributed by atoms with Crippen LogP contribution in [0.4, 0.5) is 0 Å². The molecular weight excluding hydrogens is 390 g/mol. The van der Waals surface area contributed by atoms with Crippen molar-refractivity contribution in [2.75, 3.05) is 13.1 Å². The molecule has 2 N–H and O–H groups in total. The summed E-state index contributed by atoms with van der Waals surface area (Å²) in [5, 5.41) is 0. The van der Waals surface area contributed by atoms with Crippen LogP contribution in [0.1, 0.15) is 50.0 Å². The molecule has 0 bridgehead atoms. The van der Waals surface area contributed by atoms with Crippen LogP contribution in [0.25, 0.3) is 0 Å². The lowest BCUT2D eigenvalue weighted by atomic mass is 10.1. The number of imide groups is 1. The summed E-state index contributed by atoms with van der Waals surface area (Å²) in [7, 11) is 0. The van der Waals surface area contributed by atoms with Gasteiger partial charge in [0.2, 0.25) is 0 Å². The Labute approximate surface area is 176 Å². The van der Waals surface area contributed by atoms with Crippen LogP contribution in [0.5, 0.6) is 0 Å². The first-order valence-electron chi connectivity index (χ1n) is 9.54. The van der Waals surface area contributed by atoms with Crippen LogP contribution in [-0.4, -0.2) is 46.7 Å². The van der Waals surface area contributed by atoms with Crippen molar-refractivity contribution in [3.05, 3.63) is 70.8 Å². The van der Waals surface area contributed by atoms with Gasteiger partial charge in [0.25, 0.3) is 17.7 Å². The number of carbonyl (C=O) groups excluding carboxylic acids is 3. The maximum atomic E-state index is 13.0. The highest BCUT2D eigenvalue weighted by Crippen LogP contribution is 2.26. The first kappa shape index (κ1) is 21.0. The lowest BCUT2D eigenvalue weighted by Crippen LogP contribution is -2.34. The maximum absolute atomic E-state index is 13.0. The minimum atomic E-state index is -0.295. The molecule has 2 aliphatic rings. The zero-order valence-corrected chi connectivity index (χ0v) is 17.0. The normalized spacial score (nSPS) is 20.6. The summed E-state index contributed by atoms with van der Waals surface area (Å²) in [5.41, 5.74) is 7.95. The van der Waals surface area contributed by atoms with Gasteiger partial charge in [-0.2, -0.15) is 0 Å². The molecule has 1 saturated heterocycles. The van der Waals surface area contributed by atoms with Gasteiger partial charge < -0.3 is 10.6 Å². The minimum absolute atomic E-state index is 0. The predicted molar refractivity (Wildman–Crippen MR) is 112 cm³/mol. The van der Waals surface area contributed by atoms with Crippen molar-refractivity contribution in [3.8, 4) is 0 Å². The molecular formula is C22H24ClN3O3. The zero-order chi connectivity index (χ0) is 19.8. The van der Waals surface area contributed by atoms with Gasteiger partial charge in [0, 0.05) is 18.2 Å². The van der Waals surface area contributed by atoms with Crippen LogP contribution in [-0.2, 0) is 6.54 Å². The van der Waals surface area contributed by atoms with E-state index in [1.165, 1.54) is 4.90 Å². The molecule has 0 spiro atoms. The van der Waals surface area contributed by atoms with Gasteiger partial charge in [-0.3, -0.25) is 19.3 Å². The van der Waals surface area contributed by atoms with E-state index in [2.05, 4.69) is 0 Å². The highest BCUT2D eigenvalue weighted by Gasteiger charge is 2.35. The largest absolute Gasteiger partial charge is 0.336 e. The number of nitrogens with zero attached hydrogens (tertiary/aromatic N) is 2. The molecule has 2 aliphatic heterocycles. The Morgan fingerprint density at radius 2 is 1.72 bits per heavy atom. The van der Waals surface area contributed by atoms with E-state index in [4.69, 9.17) is 5.73 Å². The maximum Gasteiger partial charge on any atom is 0.261 e. The van der Waals surface area contributed by atoms with Gasteiger partial charge in [-0.25, -0.2) is 0 Å². The summed E-state index contributed by atoms with van der Waals surface area (Å²) in [5.74, 6) is -0.291. The molecule has 4 rings (SSSR count). The number of halogens is 1. The van der Waals surface area contributed by atoms with Crippen molar-refractivity contribution in [1.29, 1.82) is 0 Å². The average Bonchev–Trinajstić information content (AvgIpc) is 3.21. The number of likely N-dealkylation sites (tertiary alicyclic amines) is 1. The van der Waals surface area contributed by atoms with E-state index < -0.39 is 0 Å². The van der Waals surface area contributed by atoms with E-state index in [1.807, 2.05) is 17.9 Å².